The first-order valence-corrected chi connectivity index (χ1v) is 5.38. The topological polar surface area (TPSA) is 55.8 Å². The molecule has 0 saturated carbocycles. The zero-order valence-corrected chi connectivity index (χ0v) is 9.35. The third-order valence-electron chi connectivity index (χ3n) is 2.58. The summed E-state index contributed by atoms with van der Waals surface area (Å²) in [6.07, 6.45) is -1.06. The number of ether oxygens (including phenoxy) is 2. The first kappa shape index (κ1) is 11.9. The van der Waals surface area contributed by atoms with E-state index < -0.39 is 24.0 Å². The van der Waals surface area contributed by atoms with Crippen molar-refractivity contribution in [3.63, 3.8) is 0 Å². The van der Waals surface area contributed by atoms with E-state index in [9.17, 15) is 14.3 Å². The zero-order chi connectivity index (χ0) is 12.4. The van der Waals surface area contributed by atoms with E-state index in [2.05, 4.69) is 0 Å². The number of carbonyl (C=O) groups is 1. The third-order valence-corrected chi connectivity index (χ3v) is 2.58. The molecule has 4 nitrogen and oxygen atoms in total. The SMILES string of the molecule is C[C@@H](O)c1ccc(F)cc1OC1CCOC1=O. The first-order valence-electron chi connectivity index (χ1n) is 5.38. The summed E-state index contributed by atoms with van der Waals surface area (Å²) in [4.78, 5) is 11.2. The van der Waals surface area contributed by atoms with Crippen molar-refractivity contribution < 1.29 is 23.8 Å². The molecule has 1 saturated heterocycles. The number of carbonyl (C=O) groups excluding carboxylic acids is 1. The van der Waals surface area contributed by atoms with Crippen LogP contribution in [-0.4, -0.2) is 23.8 Å². The maximum absolute atomic E-state index is 13.1. The van der Waals surface area contributed by atoms with E-state index in [0.717, 1.165) is 6.07 Å². The Kier molecular flexibility index (Phi) is 3.28. The zero-order valence-electron chi connectivity index (χ0n) is 9.35. The van der Waals surface area contributed by atoms with E-state index >= 15 is 0 Å². The van der Waals surface area contributed by atoms with E-state index in [1.54, 1.807) is 6.92 Å². The van der Waals surface area contributed by atoms with Crippen molar-refractivity contribution in [3.8, 4) is 5.75 Å². The van der Waals surface area contributed by atoms with Crippen LogP contribution in [0, 0.1) is 5.82 Å². The van der Waals surface area contributed by atoms with Gasteiger partial charge in [0.05, 0.1) is 12.7 Å². The van der Waals surface area contributed by atoms with Gasteiger partial charge < -0.3 is 14.6 Å². The van der Waals surface area contributed by atoms with Crippen LogP contribution < -0.4 is 4.74 Å². The minimum Gasteiger partial charge on any atom is -0.478 e. The van der Waals surface area contributed by atoms with Crippen molar-refractivity contribution in [1.29, 1.82) is 0 Å². The smallest absolute Gasteiger partial charge is 0.347 e. The highest BCUT2D eigenvalue weighted by Crippen LogP contribution is 2.28. The molecule has 1 aliphatic heterocycles. The summed E-state index contributed by atoms with van der Waals surface area (Å²) in [6.45, 7) is 1.86. The second-order valence-corrected chi connectivity index (χ2v) is 3.92. The van der Waals surface area contributed by atoms with Gasteiger partial charge in [-0.05, 0) is 19.1 Å². The quantitative estimate of drug-likeness (QED) is 0.815. The van der Waals surface area contributed by atoms with Gasteiger partial charge in [-0.3, -0.25) is 0 Å². The van der Waals surface area contributed by atoms with Crippen LogP contribution in [0.25, 0.3) is 0 Å². The molecule has 0 spiro atoms. The first-order chi connectivity index (χ1) is 8.08. The maximum atomic E-state index is 13.1. The maximum Gasteiger partial charge on any atom is 0.347 e. The summed E-state index contributed by atoms with van der Waals surface area (Å²) in [7, 11) is 0. The Morgan fingerprint density at radius 1 is 1.59 bits per heavy atom. The van der Waals surface area contributed by atoms with Crippen molar-refractivity contribution in [1.82, 2.24) is 0 Å². The summed E-state index contributed by atoms with van der Waals surface area (Å²) in [6, 6.07) is 3.84. The van der Waals surface area contributed by atoms with Gasteiger partial charge in [-0.25, -0.2) is 9.18 Å². The summed E-state index contributed by atoms with van der Waals surface area (Å²) in [5, 5.41) is 9.52. The lowest BCUT2D eigenvalue weighted by atomic mass is 10.1. The van der Waals surface area contributed by atoms with Gasteiger partial charge in [0.1, 0.15) is 11.6 Å². The Labute approximate surface area is 98.0 Å². The van der Waals surface area contributed by atoms with E-state index in [4.69, 9.17) is 9.47 Å². The fourth-order valence-corrected chi connectivity index (χ4v) is 1.69. The molecule has 5 heteroatoms. The van der Waals surface area contributed by atoms with Gasteiger partial charge in [-0.15, -0.1) is 0 Å². The van der Waals surface area contributed by atoms with Crippen molar-refractivity contribution in [3.05, 3.63) is 29.6 Å². The molecule has 1 aromatic carbocycles. The Morgan fingerprint density at radius 2 is 2.35 bits per heavy atom. The predicted octanol–water partition coefficient (Wildman–Crippen LogP) is 1.57. The van der Waals surface area contributed by atoms with Crippen molar-refractivity contribution in [2.24, 2.45) is 0 Å². The van der Waals surface area contributed by atoms with Crippen molar-refractivity contribution >= 4 is 5.97 Å². The highest BCUT2D eigenvalue weighted by atomic mass is 19.1. The van der Waals surface area contributed by atoms with Gasteiger partial charge in [0.15, 0.2) is 6.10 Å². The molecule has 1 unspecified atom stereocenters. The van der Waals surface area contributed by atoms with Crippen LogP contribution >= 0.6 is 0 Å². The molecule has 0 radical (unpaired) electrons. The van der Waals surface area contributed by atoms with Gasteiger partial charge in [-0.2, -0.15) is 0 Å². The van der Waals surface area contributed by atoms with E-state index in [1.807, 2.05) is 0 Å². The average molecular weight is 240 g/mol. The largest absolute Gasteiger partial charge is 0.478 e. The molecule has 2 rings (SSSR count). The number of hydrogen-bond acceptors (Lipinski definition) is 4. The highest BCUT2D eigenvalue weighted by Gasteiger charge is 2.29. The highest BCUT2D eigenvalue weighted by molar-refractivity contribution is 5.76. The van der Waals surface area contributed by atoms with Crippen LogP contribution in [0.1, 0.15) is 25.0 Å². The van der Waals surface area contributed by atoms with Gasteiger partial charge in [0.2, 0.25) is 0 Å². The van der Waals surface area contributed by atoms with Gasteiger partial charge in [-0.1, -0.05) is 0 Å². The third kappa shape index (κ3) is 2.55. The van der Waals surface area contributed by atoms with E-state index in [-0.39, 0.29) is 5.75 Å². The van der Waals surface area contributed by atoms with Crippen LogP contribution in [0.5, 0.6) is 5.75 Å². The minimum absolute atomic E-state index is 0.184. The molecule has 1 fully saturated rings. The number of halogens is 1. The van der Waals surface area contributed by atoms with Crippen LogP contribution in [0.4, 0.5) is 4.39 Å². The standard InChI is InChI=1S/C12H13FO4/c1-7(14)9-3-2-8(13)6-11(9)17-10-4-5-16-12(10)15/h2-3,6-7,10,14H,4-5H2,1H3/t7-,10?/m1/s1. The Bertz CT molecular complexity index is 431. The Morgan fingerprint density at radius 3 is 2.94 bits per heavy atom. The number of aliphatic hydroxyl groups is 1. The summed E-state index contributed by atoms with van der Waals surface area (Å²) in [5.41, 5.74) is 0.450. The van der Waals surface area contributed by atoms with Gasteiger partial charge in [0.25, 0.3) is 0 Å². The molecule has 1 N–H and O–H groups in total. The number of cyclic esters (lactones) is 1. The average Bonchev–Trinajstić information content (AvgIpc) is 2.64. The second-order valence-electron chi connectivity index (χ2n) is 3.92. The van der Waals surface area contributed by atoms with Crippen LogP contribution in [0.15, 0.2) is 18.2 Å². The number of aliphatic hydroxyl groups excluding tert-OH is 1. The molecular weight excluding hydrogens is 227 g/mol. The Balaban J connectivity index is 2.24. The number of benzene rings is 1. The molecule has 17 heavy (non-hydrogen) atoms. The number of rotatable bonds is 3. The molecule has 92 valence electrons. The summed E-state index contributed by atoms with van der Waals surface area (Å²) >= 11 is 0. The monoisotopic (exact) mass is 240 g/mol. The summed E-state index contributed by atoms with van der Waals surface area (Å²) < 4.78 is 23.2. The lowest BCUT2D eigenvalue weighted by molar-refractivity contribution is -0.143. The summed E-state index contributed by atoms with van der Waals surface area (Å²) in [5.74, 6) is -0.745. The molecule has 0 aliphatic carbocycles. The normalized spacial score (nSPS) is 21.1. The lowest BCUT2D eigenvalue weighted by Gasteiger charge is -2.15. The fraction of sp³-hybridized carbons (Fsp3) is 0.417. The molecule has 1 aliphatic rings. The van der Waals surface area contributed by atoms with Gasteiger partial charge >= 0.3 is 5.97 Å². The molecular formula is C12H13FO4. The molecule has 0 aromatic heterocycles. The minimum atomic E-state index is -0.789. The molecule has 2 atom stereocenters. The van der Waals surface area contributed by atoms with Crippen molar-refractivity contribution in [2.45, 2.75) is 25.6 Å². The second kappa shape index (κ2) is 4.71. The van der Waals surface area contributed by atoms with Crippen LogP contribution in [0.2, 0.25) is 0 Å². The van der Waals surface area contributed by atoms with Crippen LogP contribution in [-0.2, 0) is 9.53 Å². The predicted molar refractivity (Wildman–Crippen MR) is 57.0 cm³/mol. The molecule has 0 bridgehead atoms. The molecule has 1 heterocycles. The number of esters is 1. The van der Waals surface area contributed by atoms with Gasteiger partial charge in [0, 0.05) is 18.1 Å². The Hall–Kier alpha value is -1.62. The van der Waals surface area contributed by atoms with E-state index in [0.29, 0.717) is 18.6 Å². The molecule has 0 amide bonds. The molecule has 1 aromatic rings. The lowest BCUT2D eigenvalue weighted by Crippen LogP contribution is -2.22. The fourth-order valence-electron chi connectivity index (χ4n) is 1.69. The van der Waals surface area contributed by atoms with E-state index in [1.165, 1.54) is 12.1 Å². The number of hydrogen-bond donors (Lipinski definition) is 1. The van der Waals surface area contributed by atoms with Crippen molar-refractivity contribution in [2.75, 3.05) is 6.61 Å². The van der Waals surface area contributed by atoms with Crippen LogP contribution in [0.3, 0.4) is 0 Å².